The molecule has 0 amide bonds. The van der Waals surface area contributed by atoms with Crippen molar-refractivity contribution in [3.05, 3.63) is 34.3 Å². The van der Waals surface area contributed by atoms with Crippen molar-refractivity contribution in [2.75, 3.05) is 13.1 Å². The van der Waals surface area contributed by atoms with Crippen LogP contribution in [0.5, 0.6) is 0 Å². The van der Waals surface area contributed by atoms with Crippen molar-refractivity contribution in [3.63, 3.8) is 0 Å². The molecule has 1 saturated heterocycles. The zero-order chi connectivity index (χ0) is 13.3. The van der Waals surface area contributed by atoms with Gasteiger partial charge in [0.05, 0.1) is 5.56 Å². The number of hydrogen-bond acceptors (Lipinski definition) is 2. The van der Waals surface area contributed by atoms with Gasteiger partial charge in [-0.1, -0.05) is 11.6 Å². The minimum Gasteiger partial charge on any atom is -0.326 e. The van der Waals surface area contributed by atoms with Gasteiger partial charge >= 0.3 is 6.18 Å². The maximum absolute atomic E-state index is 12.6. The number of alkyl halides is 3. The molecule has 0 spiro atoms. The van der Waals surface area contributed by atoms with Crippen LogP contribution in [0.4, 0.5) is 13.2 Å². The van der Waals surface area contributed by atoms with E-state index in [1.807, 2.05) is 4.90 Å². The monoisotopic (exact) mass is 278 g/mol. The molecule has 100 valence electrons. The standard InChI is InChI=1S/C12H14ClF3N2/c13-11-2-1-9(12(14,15)16)5-8(11)6-18-4-3-10(17)7-18/h1-2,5,10H,3-4,6-7,17H2. The fourth-order valence-corrected chi connectivity index (χ4v) is 2.30. The maximum Gasteiger partial charge on any atom is 0.416 e. The molecular formula is C12H14ClF3N2. The first-order chi connectivity index (χ1) is 8.36. The number of halogens is 4. The molecule has 2 N–H and O–H groups in total. The number of nitrogens with two attached hydrogens (primary N) is 1. The summed E-state index contributed by atoms with van der Waals surface area (Å²) in [6.45, 7) is 1.91. The van der Waals surface area contributed by atoms with Gasteiger partial charge < -0.3 is 5.73 Å². The highest BCUT2D eigenvalue weighted by Crippen LogP contribution is 2.32. The summed E-state index contributed by atoms with van der Waals surface area (Å²) in [4.78, 5) is 2.02. The lowest BCUT2D eigenvalue weighted by molar-refractivity contribution is -0.137. The molecule has 6 heteroatoms. The van der Waals surface area contributed by atoms with E-state index in [2.05, 4.69) is 0 Å². The van der Waals surface area contributed by atoms with E-state index in [1.54, 1.807) is 0 Å². The number of benzene rings is 1. The van der Waals surface area contributed by atoms with E-state index in [9.17, 15) is 13.2 Å². The number of likely N-dealkylation sites (tertiary alicyclic amines) is 1. The summed E-state index contributed by atoms with van der Waals surface area (Å²) in [7, 11) is 0. The zero-order valence-corrected chi connectivity index (χ0v) is 10.4. The Kier molecular flexibility index (Phi) is 3.84. The molecule has 1 heterocycles. The SMILES string of the molecule is NC1CCN(Cc2cc(C(F)(F)F)ccc2Cl)C1. The fraction of sp³-hybridized carbons (Fsp3) is 0.500. The van der Waals surface area contributed by atoms with Crippen LogP contribution in [0.2, 0.25) is 5.02 Å². The van der Waals surface area contributed by atoms with Crippen LogP contribution in [0.3, 0.4) is 0 Å². The molecule has 1 unspecified atom stereocenters. The first kappa shape index (κ1) is 13.6. The van der Waals surface area contributed by atoms with E-state index in [4.69, 9.17) is 17.3 Å². The summed E-state index contributed by atoms with van der Waals surface area (Å²) >= 11 is 5.94. The Labute approximate surface area is 109 Å². The first-order valence-electron chi connectivity index (χ1n) is 5.70. The molecule has 18 heavy (non-hydrogen) atoms. The molecule has 1 aromatic rings. The molecule has 0 radical (unpaired) electrons. The topological polar surface area (TPSA) is 29.3 Å². The molecule has 0 saturated carbocycles. The third kappa shape index (κ3) is 3.16. The maximum atomic E-state index is 12.6. The van der Waals surface area contributed by atoms with Gasteiger partial charge in [0, 0.05) is 30.7 Å². The molecule has 0 aliphatic carbocycles. The average molecular weight is 279 g/mol. The van der Waals surface area contributed by atoms with Crippen molar-refractivity contribution in [1.29, 1.82) is 0 Å². The van der Waals surface area contributed by atoms with Gasteiger partial charge in [-0.15, -0.1) is 0 Å². The lowest BCUT2D eigenvalue weighted by atomic mass is 10.1. The predicted octanol–water partition coefficient (Wildman–Crippen LogP) is 2.89. The Hall–Kier alpha value is -0.780. The summed E-state index contributed by atoms with van der Waals surface area (Å²) in [5.74, 6) is 0. The van der Waals surface area contributed by atoms with Gasteiger partial charge in [-0.05, 0) is 30.2 Å². The van der Waals surface area contributed by atoms with Gasteiger partial charge in [-0.3, -0.25) is 4.90 Å². The Morgan fingerprint density at radius 3 is 2.67 bits per heavy atom. The van der Waals surface area contributed by atoms with Crippen LogP contribution >= 0.6 is 11.6 Å². The average Bonchev–Trinajstić information content (AvgIpc) is 2.66. The Morgan fingerprint density at radius 2 is 2.11 bits per heavy atom. The number of hydrogen-bond donors (Lipinski definition) is 1. The van der Waals surface area contributed by atoms with E-state index < -0.39 is 11.7 Å². The molecular weight excluding hydrogens is 265 g/mol. The number of rotatable bonds is 2. The highest BCUT2D eigenvalue weighted by molar-refractivity contribution is 6.31. The van der Waals surface area contributed by atoms with E-state index in [0.29, 0.717) is 23.7 Å². The van der Waals surface area contributed by atoms with Gasteiger partial charge in [0.15, 0.2) is 0 Å². The van der Waals surface area contributed by atoms with Gasteiger partial charge in [0.25, 0.3) is 0 Å². The summed E-state index contributed by atoms with van der Waals surface area (Å²) < 4.78 is 37.8. The molecule has 1 aliphatic rings. The molecule has 0 bridgehead atoms. The van der Waals surface area contributed by atoms with Crippen LogP contribution in [-0.2, 0) is 12.7 Å². The smallest absolute Gasteiger partial charge is 0.326 e. The van der Waals surface area contributed by atoms with Crippen molar-refractivity contribution < 1.29 is 13.2 Å². The van der Waals surface area contributed by atoms with E-state index in [0.717, 1.165) is 25.1 Å². The minimum atomic E-state index is -4.33. The van der Waals surface area contributed by atoms with Gasteiger partial charge in [-0.25, -0.2) is 0 Å². The van der Waals surface area contributed by atoms with Crippen LogP contribution in [0, 0.1) is 0 Å². The van der Waals surface area contributed by atoms with Crippen LogP contribution < -0.4 is 5.73 Å². The van der Waals surface area contributed by atoms with Crippen LogP contribution in [0.15, 0.2) is 18.2 Å². The summed E-state index contributed by atoms with van der Waals surface area (Å²) in [5, 5.41) is 0.364. The molecule has 2 rings (SSSR count). The van der Waals surface area contributed by atoms with Crippen molar-refractivity contribution in [2.24, 2.45) is 5.73 Å². The van der Waals surface area contributed by atoms with Gasteiger partial charge in [0.1, 0.15) is 0 Å². The normalized spacial score (nSPS) is 21.5. The van der Waals surface area contributed by atoms with Gasteiger partial charge in [-0.2, -0.15) is 13.2 Å². The van der Waals surface area contributed by atoms with Crippen molar-refractivity contribution >= 4 is 11.6 Å². The second-order valence-electron chi connectivity index (χ2n) is 4.59. The molecule has 0 aromatic heterocycles. The second kappa shape index (κ2) is 5.07. The third-order valence-corrected chi connectivity index (χ3v) is 3.44. The summed E-state index contributed by atoms with van der Waals surface area (Å²) in [5.41, 5.74) is 5.60. The second-order valence-corrected chi connectivity index (χ2v) is 5.00. The van der Waals surface area contributed by atoms with E-state index in [1.165, 1.54) is 6.07 Å². The van der Waals surface area contributed by atoms with Crippen molar-refractivity contribution in [3.8, 4) is 0 Å². The lowest BCUT2D eigenvalue weighted by Gasteiger charge is -2.17. The van der Waals surface area contributed by atoms with E-state index >= 15 is 0 Å². The van der Waals surface area contributed by atoms with Crippen LogP contribution in [-0.4, -0.2) is 24.0 Å². The molecule has 1 aromatic carbocycles. The molecule has 1 fully saturated rings. The van der Waals surface area contributed by atoms with Crippen LogP contribution in [0.1, 0.15) is 17.5 Å². The largest absolute Gasteiger partial charge is 0.416 e. The van der Waals surface area contributed by atoms with E-state index in [-0.39, 0.29) is 6.04 Å². The number of nitrogens with zero attached hydrogens (tertiary/aromatic N) is 1. The van der Waals surface area contributed by atoms with Crippen LogP contribution in [0.25, 0.3) is 0 Å². The molecule has 1 atom stereocenters. The Morgan fingerprint density at radius 1 is 1.39 bits per heavy atom. The molecule has 2 nitrogen and oxygen atoms in total. The highest BCUT2D eigenvalue weighted by Gasteiger charge is 2.31. The van der Waals surface area contributed by atoms with Gasteiger partial charge in [0.2, 0.25) is 0 Å². The quantitative estimate of drug-likeness (QED) is 0.901. The first-order valence-corrected chi connectivity index (χ1v) is 6.07. The molecule has 1 aliphatic heterocycles. The Bertz CT molecular complexity index is 434. The Balaban J connectivity index is 2.16. The van der Waals surface area contributed by atoms with Crippen molar-refractivity contribution in [1.82, 2.24) is 4.90 Å². The summed E-state index contributed by atoms with van der Waals surface area (Å²) in [6, 6.07) is 3.53. The lowest BCUT2D eigenvalue weighted by Crippen LogP contribution is -2.26. The van der Waals surface area contributed by atoms with Crippen molar-refractivity contribution in [2.45, 2.75) is 25.2 Å². The fourth-order valence-electron chi connectivity index (χ4n) is 2.12. The third-order valence-electron chi connectivity index (χ3n) is 3.08. The zero-order valence-electron chi connectivity index (χ0n) is 9.67. The minimum absolute atomic E-state index is 0.106. The summed E-state index contributed by atoms with van der Waals surface area (Å²) in [6.07, 6.45) is -3.46. The highest BCUT2D eigenvalue weighted by atomic mass is 35.5. The predicted molar refractivity (Wildman–Crippen MR) is 64.3 cm³/mol.